The zero-order valence-corrected chi connectivity index (χ0v) is 61.0. The monoisotopic (exact) mass is 1330 g/mol. The number of carbonyl (C=O) groups is 2. The van der Waals surface area contributed by atoms with Gasteiger partial charge < -0.3 is 20.1 Å². The first-order valence-corrected chi connectivity index (χ1v) is 39.1. The van der Waals surface area contributed by atoms with Crippen molar-refractivity contribution in [1.29, 1.82) is 0 Å². The van der Waals surface area contributed by atoms with Crippen LogP contribution in [-0.2, 0) is 32.7 Å². The molecule has 2 atom stereocenters. The lowest BCUT2D eigenvalue weighted by Gasteiger charge is -2.19. The highest BCUT2D eigenvalue weighted by molar-refractivity contribution is 7.47. The molecule has 0 fully saturated rings. The van der Waals surface area contributed by atoms with E-state index in [2.05, 4.69) is 220 Å². The van der Waals surface area contributed by atoms with E-state index in [9.17, 15) is 19.0 Å². The molecule has 0 aliphatic heterocycles. The van der Waals surface area contributed by atoms with E-state index in [0.29, 0.717) is 6.42 Å². The standard InChI is InChI=1S/C85H136NO8P/c1-3-5-7-9-11-13-15-17-19-21-23-25-27-29-31-33-35-37-39-40-41-42-44-45-47-49-51-53-55-57-59-61-63-65-67-69-71-73-75-77-84(87)91-81-83(82-93-95(89,90)92-80-79-86)94-85(88)78-76-74-72-70-68-66-64-62-60-58-56-54-52-50-48-46-43-38-36-34-32-30-28-26-24-22-20-18-16-14-12-10-8-6-4-2/h5-8,11-14,17-20,23-26,29-32,35-38,40-41,44-46,48,52,54,58,60,83H,3-4,9-10,15-16,21-22,27-28,33-34,39,42-43,47,49-51,53,55-57,59,61-82,86H2,1-2H3,(H,89,90)/b7-5-,8-6-,13-11-,14-12-,19-17-,20-18-,25-23-,26-24-,31-29-,32-30-,37-35-,38-36-,41-40-,45-44-,48-46-,54-52-,60-58-. The Labute approximate surface area is 582 Å². The molecule has 0 aromatic heterocycles. The van der Waals surface area contributed by atoms with E-state index in [4.69, 9.17) is 24.3 Å². The number of hydrogen-bond acceptors (Lipinski definition) is 8. The van der Waals surface area contributed by atoms with Crippen molar-refractivity contribution in [3.8, 4) is 0 Å². The second-order valence-corrected chi connectivity index (χ2v) is 25.5. The molecule has 0 saturated heterocycles. The van der Waals surface area contributed by atoms with Gasteiger partial charge in [-0.2, -0.15) is 0 Å². The summed E-state index contributed by atoms with van der Waals surface area (Å²) >= 11 is 0. The van der Waals surface area contributed by atoms with Crippen LogP contribution in [-0.4, -0.2) is 49.3 Å². The summed E-state index contributed by atoms with van der Waals surface area (Å²) < 4.78 is 33.2. The van der Waals surface area contributed by atoms with Crippen LogP contribution in [0.5, 0.6) is 0 Å². The first kappa shape index (κ1) is 89.6. The second kappa shape index (κ2) is 77.6. The quantitative estimate of drug-likeness (QED) is 0.0264. The van der Waals surface area contributed by atoms with Gasteiger partial charge in [-0.25, -0.2) is 4.57 Å². The van der Waals surface area contributed by atoms with E-state index in [0.717, 1.165) is 167 Å². The van der Waals surface area contributed by atoms with Gasteiger partial charge in [0.05, 0.1) is 13.2 Å². The average Bonchev–Trinajstić information content (AvgIpc) is 3.32. The maximum absolute atomic E-state index is 12.8. The zero-order valence-electron chi connectivity index (χ0n) is 60.1. The lowest BCUT2D eigenvalue weighted by atomic mass is 10.0. The third-order valence-corrected chi connectivity index (χ3v) is 16.1. The van der Waals surface area contributed by atoms with Gasteiger partial charge in [0, 0.05) is 19.4 Å². The Kier molecular flexibility index (Phi) is 73.2. The van der Waals surface area contributed by atoms with Crippen LogP contribution in [0, 0.1) is 0 Å². The van der Waals surface area contributed by atoms with Crippen LogP contribution in [0.4, 0.5) is 0 Å². The number of phosphoric ester groups is 1. The number of esters is 2. The lowest BCUT2D eigenvalue weighted by Crippen LogP contribution is -2.29. The maximum Gasteiger partial charge on any atom is 0.472 e. The molecule has 0 spiro atoms. The molecule has 2 unspecified atom stereocenters. The topological polar surface area (TPSA) is 134 Å². The fraction of sp³-hybridized carbons (Fsp3) is 0.576. The van der Waals surface area contributed by atoms with Crippen LogP contribution in [0.15, 0.2) is 207 Å². The largest absolute Gasteiger partial charge is 0.472 e. The van der Waals surface area contributed by atoms with Gasteiger partial charge in [-0.15, -0.1) is 0 Å². The minimum absolute atomic E-state index is 0.0418. The highest BCUT2D eigenvalue weighted by Gasteiger charge is 2.26. The summed E-state index contributed by atoms with van der Waals surface area (Å²) in [5, 5.41) is 0. The van der Waals surface area contributed by atoms with Crippen molar-refractivity contribution in [3.05, 3.63) is 207 Å². The molecule has 10 heteroatoms. The summed E-state index contributed by atoms with van der Waals surface area (Å²) in [7, 11) is -4.41. The fourth-order valence-corrected chi connectivity index (χ4v) is 10.5. The number of rotatable bonds is 68. The maximum atomic E-state index is 12.8. The highest BCUT2D eigenvalue weighted by Crippen LogP contribution is 2.43. The van der Waals surface area contributed by atoms with Crippen LogP contribution >= 0.6 is 7.82 Å². The summed E-state index contributed by atoms with van der Waals surface area (Å²) in [4.78, 5) is 35.4. The lowest BCUT2D eigenvalue weighted by molar-refractivity contribution is -0.161. The van der Waals surface area contributed by atoms with Gasteiger partial charge in [0.15, 0.2) is 6.10 Å². The smallest absolute Gasteiger partial charge is 0.462 e. The van der Waals surface area contributed by atoms with Gasteiger partial charge in [-0.1, -0.05) is 330 Å². The molecule has 0 bridgehead atoms. The molecule has 9 nitrogen and oxygen atoms in total. The van der Waals surface area contributed by atoms with Crippen molar-refractivity contribution in [2.75, 3.05) is 26.4 Å². The number of unbranched alkanes of at least 4 members (excludes halogenated alkanes) is 21. The summed E-state index contributed by atoms with van der Waals surface area (Å²) in [6.45, 7) is 3.49. The van der Waals surface area contributed by atoms with Crippen LogP contribution in [0.25, 0.3) is 0 Å². The Morgan fingerprint density at radius 3 is 0.811 bits per heavy atom. The molecule has 3 N–H and O–H groups in total. The number of carbonyl (C=O) groups excluding carboxylic acids is 2. The SMILES string of the molecule is CC/C=C\C/C=C\C/C=C\C/C=C\C/C=C\C/C=C\C/C=C\C/C=C\C/C=C\CCCCCCCCCC(=O)OC(COC(=O)CCCCCCCCCCCCCCCC/C=C\C/C=C\C/C=C\C/C=C\C/C=C\C/C=C\C/C=C\C/C=C\CC)COP(=O)(O)OCCN. The van der Waals surface area contributed by atoms with Crippen LogP contribution < -0.4 is 5.73 Å². The molecule has 534 valence electrons. The molecule has 0 aromatic rings. The van der Waals surface area contributed by atoms with E-state index in [1.54, 1.807) is 0 Å². The first-order chi connectivity index (χ1) is 46.8. The Morgan fingerprint density at radius 2 is 0.547 bits per heavy atom. The zero-order chi connectivity index (χ0) is 68.6. The molecule has 0 heterocycles. The molecule has 0 aliphatic rings. The Balaban J connectivity index is 3.96. The van der Waals surface area contributed by atoms with Crippen molar-refractivity contribution < 1.29 is 37.6 Å². The molecule has 0 saturated carbocycles. The predicted octanol–water partition coefficient (Wildman–Crippen LogP) is 25.4. The number of ether oxygens (including phenoxy) is 2. The van der Waals surface area contributed by atoms with Crippen molar-refractivity contribution in [3.63, 3.8) is 0 Å². The minimum atomic E-state index is -4.41. The van der Waals surface area contributed by atoms with E-state index in [1.807, 2.05) is 0 Å². The molecule has 0 rings (SSSR count). The van der Waals surface area contributed by atoms with Crippen LogP contribution in [0.2, 0.25) is 0 Å². The number of allylic oxidation sites excluding steroid dienone is 34. The van der Waals surface area contributed by atoms with Crippen molar-refractivity contribution in [2.45, 2.75) is 290 Å². The first-order valence-electron chi connectivity index (χ1n) is 37.6. The average molecular weight is 1330 g/mol. The summed E-state index contributed by atoms with van der Waals surface area (Å²) in [5.74, 6) is -0.850. The van der Waals surface area contributed by atoms with E-state index in [1.165, 1.54) is 83.5 Å². The molecule has 95 heavy (non-hydrogen) atoms. The van der Waals surface area contributed by atoms with Gasteiger partial charge in [-0.05, 0) is 148 Å². The second-order valence-electron chi connectivity index (χ2n) is 24.0. The summed E-state index contributed by atoms with van der Waals surface area (Å²) in [6, 6.07) is 0. The molecule has 0 aromatic carbocycles. The van der Waals surface area contributed by atoms with Gasteiger partial charge >= 0.3 is 19.8 Å². The summed E-state index contributed by atoms with van der Waals surface area (Å²) in [6.07, 6.45) is 119. The number of hydrogen-bond donors (Lipinski definition) is 2. The minimum Gasteiger partial charge on any atom is -0.462 e. The van der Waals surface area contributed by atoms with E-state index >= 15 is 0 Å². The molecule has 0 amide bonds. The van der Waals surface area contributed by atoms with Crippen LogP contribution in [0.1, 0.15) is 284 Å². The fourth-order valence-electron chi connectivity index (χ4n) is 9.70. The molecule has 0 aliphatic carbocycles. The van der Waals surface area contributed by atoms with Crippen molar-refractivity contribution in [1.82, 2.24) is 0 Å². The number of nitrogens with two attached hydrogens (primary N) is 1. The summed E-state index contributed by atoms with van der Waals surface area (Å²) in [5.41, 5.74) is 5.41. The normalized spacial score (nSPS) is 14.1. The van der Waals surface area contributed by atoms with Crippen molar-refractivity contribution >= 4 is 19.8 Å². The molecular formula is C85H136NO8P. The van der Waals surface area contributed by atoms with Crippen LogP contribution in [0.3, 0.4) is 0 Å². The third-order valence-electron chi connectivity index (χ3n) is 15.2. The van der Waals surface area contributed by atoms with Gasteiger partial charge in [-0.3, -0.25) is 18.6 Å². The van der Waals surface area contributed by atoms with E-state index in [-0.39, 0.29) is 32.6 Å². The number of phosphoric acid groups is 1. The predicted molar refractivity (Wildman–Crippen MR) is 412 cm³/mol. The highest BCUT2D eigenvalue weighted by atomic mass is 31.2. The van der Waals surface area contributed by atoms with Gasteiger partial charge in [0.1, 0.15) is 6.61 Å². The van der Waals surface area contributed by atoms with Gasteiger partial charge in [0.2, 0.25) is 0 Å². The van der Waals surface area contributed by atoms with Gasteiger partial charge in [0.25, 0.3) is 0 Å². The molecular weight excluding hydrogens is 1190 g/mol. The Hall–Kier alpha value is -5.41. The Morgan fingerprint density at radius 1 is 0.316 bits per heavy atom. The van der Waals surface area contributed by atoms with Crippen molar-refractivity contribution in [2.24, 2.45) is 5.73 Å². The Bertz CT molecular complexity index is 2320. The third kappa shape index (κ3) is 77.5. The van der Waals surface area contributed by atoms with E-state index < -0.39 is 32.5 Å². The molecule has 0 radical (unpaired) electrons.